The highest BCUT2D eigenvalue weighted by molar-refractivity contribution is 5.89. The van der Waals surface area contributed by atoms with Crippen LogP contribution in [0.2, 0.25) is 0 Å². The first-order valence-electron chi connectivity index (χ1n) is 5.58. The molecule has 0 radical (unpaired) electrons. The average Bonchev–Trinajstić information content (AvgIpc) is 2.24. The van der Waals surface area contributed by atoms with Gasteiger partial charge in [-0.1, -0.05) is 5.57 Å². The van der Waals surface area contributed by atoms with E-state index in [1.54, 1.807) is 6.92 Å². The molecule has 0 fully saturated rings. The van der Waals surface area contributed by atoms with Crippen molar-refractivity contribution < 1.29 is 19.7 Å². The second kappa shape index (κ2) is 8.30. The molecule has 0 spiro atoms. The van der Waals surface area contributed by atoms with E-state index < -0.39 is 6.10 Å². The van der Waals surface area contributed by atoms with Gasteiger partial charge in [-0.05, 0) is 33.1 Å². The Morgan fingerprint density at radius 2 is 2.00 bits per heavy atom. The predicted molar refractivity (Wildman–Crippen MR) is 62.0 cm³/mol. The number of aliphatic hydroxyl groups excluding tert-OH is 2. The van der Waals surface area contributed by atoms with Crippen LogP contribution >= 0.6 is 0 Å². The van der Waals surface area contributed by atoms with Crippen molar-refractivity contribution in [3.63, 3.8) is 0 Å². The van der Waals surface area contributed by atoms with Gasteiger partial charge in [-0.3, -0.25) is 0 Å². The number of aliphatic hydroxyl groups is 2. The van der Waals surface area contributed by atoms with Gasteiger partial charge in [-0.15, -0.1) is 0 Å². The second-order valence-corrected chi connectivity index (χ2v) is 3.98. The van der Waals surface area contributed by atoms with Crippen molar-refractivity contribution in [3.05, 3.63) is 11.1 Å². The summed E-state index contributed by atoms with van der Waals surface area (Å²) in [6.45, 7) is 3.67. The summed E-state index contributed by atoms with van der Waals surface area (Å²) in [5.41, 5.74) is 1.48. The van der Waals surface area contributed by atoms with Gasteiger partial charge in [0.2, 0.25) is 0 Å². The maximum Gasteiger partial charge on any atom is 0.333 e. The third kappa shape index (κ3) is 5.88. The van der Waals surface area contributed by atoms with E-state index in [2.05, 4.69) is 4.74 Å². The fourth-order valence-corrected chi connectivity index (χ4v) is 1.50. The van der Waals surface area contributed by atoms with Crippen LogP contribution in [0.25, 0.3) is 0 Å². The van der Waals surface area contributed by atoms with Crippen LogP contribution in [0.5, 0.6) is 0 Å². The zero-order valence-electron chi connectivity index (χ0n) is 10.3. The highest BCUT2D eigenvalue weighted by atomic mass is 16.5. The Morgan fingerprint density at radius 3 is 2.44 bits per heavy atom. The van der Waals surface area contributed by atoms with Gasteiger partial charge in [0.05, 0.1) is 13.2 Å². The van der Waals surface area contributed by atoms with Crippen molar-refractivity contribution in [2.45, 2.75) is 45.6 Å². The van der Waals surface area contributed by atoms with Crippen LogP contribution < -0.4 is 0 Å². The van der Waals surface area contributed by atoms with Crippen LogP contribution in [0.4, 0.5) is 0 Å². The molecule has 0 rings (SSSR count). The van der Waals surface area contributed by atoms with Gasteiger partial charge in [0, 0.05) is 18.6 Å². The van der Waals surface area contributed by atoms with Crippen LogP contribution in [-0.4, -0.2) is 36.0 Å². The molecule has 0 aromatic rings. The molecule has 0 saturated carbocycles. The number of methoxy groups -OCH3 is 1. The molecule has 1 atom stereocenters. The quantitative estimate of drug-likeness (QED) is 0.394. The van der Waals surface area contributed by atoms with Crippen LogP contribution in [-0.2, 0) is 9.53 Å². The zero-order chi connectivity index (χ0) is 12.6. The number of esters is 1. The number of rotatable bonds is 7. The molecular weight excluding hydrogens is 208 g/mol. The van der Waals surface area contributed by atoms with E-state index in [0.717, 1.165) is 24.8 Å². The largest absolute Gasteiger partial charge is 0.466 e. The van der Waals surface area contributed by atoms with Crippen LogP contribution in [0.15, 0.2) is 11.1 Å². The summed E-state index contributed by atoms with van der Waals surface area (Å²) in [6.07, 6.45) is 2.07. The minimum atomic E-state index is -0.554. The van der Waals surface area contributed by atoms with Gasteiger partial charge in [0.25, 0.3) is 0 Å². The number of unbranched alkanes of at least 4 members (excludes halogenated alkanes) is 1. The smallest absolute Gasteiger partial charge is 0.333 e. The van der Waals surface area contributed by atoms with E-state index in [1.165, 1.54) is 7.11 Å². The van der Waals surface area contributed by atoms with Gasteiger partial charge < -0.3 is 14.9 Å². The van der Waals surface area contributed by atoms with E-state index in [4.69, 9.17) is 5.11 Å². The number of allylic oxidation sites excluding steroid dienone is 1. The van der Waals surface area contributed by atoms with Crippen molar-refractivity contribution in [3.8, 4) is 0 Å². The Morgan fingerprint density at radius 1 is 1.38 bits per heavy atom. The molecule has 16 heavy (non-hydrogen) atoms. The van der Waals surface area contributed by atoms with Gasteiger partial charge in [0.1, 0.15) is 0 Å². The minimum absolute atomic E-state index is 0.164. The molecule has 0 aliphatic carbocycles. The molecule has 0 aromatic carbocycles. The molecule has 94 valence electrons. The maximum atomic E-state index is 11.5. The van der Waals surface area contributed by atoms with E-state index in [1.807, 2.05) is 6.92 Å². The summed E-state index contributed by atoms with van der Waals surface area (Å²) in [6, 6.07) is 0. The topological polar surface area (TPSA) is 66.8 Å². The first kappa shape index (κ1) is 15.1. The van der Waals surface area contributed by atoms with Crippen LogP contribution in [0, 0.1) is 0 Å². The van der Waals surface area contributed by atoms with E-state index in [9.17, 15) is 9.90 Å². The van der Waals surface area contributed by atoms with E-state index in [0.29, 0.717) is 12.0 Å². The summed E-state index contributed by atoms with van der Waals surface area (Å²) in [7, 11) is 1.34. The first-order valence-corrected chi connectivity index (χ1v) is 5.58. The molecule has 0 aromatic heterocycles. The van der Waals surface area contributed by atoms with Crippen molar-refractivity contribution in [2.75, 3.05) is 13.7 Å². The molecular formula is C12H22O4. The van der Waals surface area contributed by atoms with Gasteiger partial charge in [-0.2, -0.15) is 0 Å². The number of carbonyl (C=O) groups is 1. The summed E-state index contributed by atoms with van der Waals surface area (Å²) >= 11 is 0. The van der Waals surface area contributed by atoms with Gasteiger partial charge in [-0.25, -0.2) is 4.79 Å². The van der Waals surface area contributed by atoms with Crippen molar-refractivity contribution >= 4 is 5.97 Å². The lowest BCUT2D eigenvalue weighted by Gasteiger charge is -2.12. The molecule has 0 aliphatic heterocycles. The highest BCUT2D eigenvalue weighted by Crippen LogP contribution is 2.18. The van der Waals surface area contributed by atoms with Crippen LogP contribution in [0.3, 0.4) is 0 Å². The number of ether oxygens (including phenoxy) is 1. The molecule has 4 nitrogen and oxygen atoms in total. The summed E-state index contributed by atoms with van der Waals surface area (Å²) in [5.74, 6) is -0.373. The lowest BCUT2D eigenvalue weighted by molar-refractivity contribution is -0.136. The Balaban J connectivity index is 4.55. The molecule has 0 heterocycles. The van der Waals surface area contributed by atoms with Crippen molar-refractivity contribution in [1.82, 2.24) is 0 Å². The Kier molecular flexibility index (Phi) is 7.85. The first-order chi connectivity index (χ1) is 7.52. The lowest BCUT2D eigenvalue weighted by Crippen LogP contribution is -2.13. The SMILES string of the molecule is COC(=O)C(CC(C)O)=C(C)CCCCO. The maximum absolute atomic E-state index is 11.5. The predicted octanol–water partition coefficient (Wildman–Crippen LogP) is 1.41. The number of carbonyl (C=O) groups excluding carboxylic acids is 1. The summed E-state index contributed by atoms with van der Waals surface area (Å²) in [4.78, 5) is 11.5. The average molecular weight is 230 g/mol. The fourth-order valence-electron chi connectivity index (χ4n) is 1.50. The van der Waals surface area contributed by atoms with E-state index >= 15 is 0 Å². The second-order valence-electron chi connectivity index (χ2n) is 3.98. The van der Waals surface area contributed by atoms with Crippen LogP contribution in [0.1, 0.15) is 39.5 Å². The van der Waals surface area contributed by atoms with E-state index in [-0.39, 0.29) is 12.6 Å². The van der Waals surface area contributed by atoms with Gasteiger partial charge in [0.15, 0.2) is 0 Å². The summed E-state index contributed by atoms with van der Waals surface area (Å²) in [5, 5.41) is 18.0. The molecule has 1 unspecified atom stereocenters. The Labute approximate surface area is 96.9 Å². The molecule has 0 amide bonds. The molecule has 4 heteroatoms. The van der Waals surface area contributed by atoms with Gasteiger partial charge >= 0.3 is 5.97 Å². The third-order valence-electron chi connectivity index (χ3n) is 2.41. The fraction of sp³-hybridized carbons (Fsp3) is 0.750. The third-order valence-corrected chi connectivity index (χ3v) is 2.41. The Hall–Kier alpha value is -0.870. The monoisotopic (exact) mass is 230 g/mol. The lowest BCUT2D eigenvalue weighted by atomic mass is 9.99. The zero-order valence-corrected chi connectivity index (χ0v) is 10.3. The number of hydrogen-bond acceptors (Lipinski definition) is 4. The van der Waals surface area contributed by atoms with Crippen molar-refractivity contribution in [1.29, 1.82) is 0 Å². The molecule has 0 bridgehead atoms. The molecule has 2 N–H and O–H groups in total. The number of hydrogen-bond donors (Lipinski definition) is 2. The standard InChI is InChI=1S/C12H22O4/c1-9(6-4-5-7-13)11(8-10(2)14)12(15)16-3/h10,13-14H,4-8H2,1-3H3. The van der Waals surface area contributed by atoms with Crippen molar-refractivity contribution in [2.24, 2.45) is 0 Å². The molecule has 0 saturated heterocycles. The molecule has 0 aliphatic rings. The minimum Gasteiger partial charge on any atom is -0.466 e. The Bertz CT molecular complexity index is 243. The normalized spacial score (nSPS) is 14.3. The summed E-state index contributed by atoms with van der Waals surface area (Å²) < 4.78 is 4.68. The highest BCUT2D eigenvalue weighted by Gasteiger charge is 2.15.